The van der Waals surface area contributed by atoms with Crippen LogP contribution in [0.5, 0.6) is 5.75 Å². The molecular weight excluding hydrogens is 386 g/mol. The molecule has 1 heterocycles. The predicted octanol–water partition coefficient (Wildman–Crippen LogP) is 3.01. The van der Waals surface area contributed by atoms with Crippen molar-refractivity contribution in [2.45, 2.75) is 37.1 Å². The number of thioether (sulfide) groups is 1. The van der Waals surface area contributed by atoms with Crippen LogP contribution in [0.4, 0.5) is 0 Å². The van der Waals surface area contributed by atoms with Crippen LogP contribution in [-0.4, -0.2) is 49.9 Å². The highest BCUT2D eigenvalue weighted by Crippen LogP contribution is 2.29. The zero-order chi connectivity index (χ0) is 20.1. The molecule has 0 unspecified atom stereocenters. The number of methoxy groups -OCH3 is 1. The average molecular weight is 410 g/mol. The van der Waals surface area contributed by atoms with Crippen LogP contribution in [0, 0.1) is 0 Å². The molecule has 0 radical (unpaired) electrons. The number of hydrogen-bond donors (Lipinski definition) is 0. The van der Waals surface area contributed by atoms with Crippen molar-refractivity contribution in [1.82, 2.24) is 25.1 Å². The number of nitrogens with zero attached hydrogens (tertiary/aromatic N) is 5. The first-order valence-electron chi connectivity index (χ1n) is 9.58. The molecule has 0 spiro atoms. The summed E-state index contributed by atoms with van der Waals surface area (Å²) in [5.41, 5.74) is 2.22. The van der Waals surface area contributed by atoms with E-state index < -0.39 is 0 Å². The van der Waals surface area contributed by atoms with Crippen molar-refractivity contribution >= 4 is 17.7 Å². The first kappa shape index (κ1) is 19.4. The maximum atomic E-state index is 12.9. The van der Waals surface area contributed by atoms with Crippen molar-refractivity contribution in [3.8, 4) is 5.75 Å². The van der Waals surface area contributed by atoms with Crippen molar-refractivity contribution in [1.29, 1.82) is 0 Å². The number of carbonyl (C=O) groups is 1. The molecule has 0 N–H and O–H groups in total. The second kappa shape index (κ2) is 9.09. The van der Waals surface area contributed by atoms with E-state index in [0.717, 1.165) is 29.7 Å². The van der Waals surface area contributed by atoms with Crippen LogP contribution in [0.25, 0.3) is 0 Å². The lowest BCUT2D eigenvalue weighted by Crippen LogP contribution is -2.34. The van der Waals surface area contributed by atoms with E-state index >= 15 is 0 Å². The van der Waals surface area contributed by atoms with Gasteiger partial charge >= 0.3 is 0 Å². The van der Waals surface area contributed by atoms with Crippen LogP contribution < -0.4 is 4.74 Å². The molecule has 1 aliphatic carbocycles. The molecule has 0 bridgehead atoms. The Morgan fingerprint density at radius 2 is 1.90 bits per heavy atom. The molecule has 4 rings (SSSR count). The highest BCUT2D eigenvalue weighted by Gasteiger charge is 2.32. The third-order valence-corrected chi connectivity index (χ3v) is 5.76. The van der Waals surface area contributed by atoms with Gasteiger partial charge in [-0.3, -0.25) is 4.79 Å². The minimum absolute atomic E-state index is 0.125. The number of amides is 1. The Bertz CT molecular complexity index is 941. The lowest BCUT2D eigenvalue weighted by Gasteiger charge is -2.22. The van der Waals surface area contributed by atoms with Gasteiger partial charge in [-0.2, -0.15) is 0 Å². The molecule has 0 aliphatic heterocycles. The number of tetrazole rings is 1. The summed E-state index contributed by atoms with van der Waals surface area (Å²) in [7, 11) is 1.64. The molecule has 7 nitrogen and oxygen atoms in total. The molecule has 8 heteroatoms. The van der Waals surface area contributed by atoms with E-state index in [1.54, 1.807) is 11.8 Å². The van der Waals surface area contributed by atoms with Gasteiger partial charge in [0.15, 0.2) is 0 Å². The van der Waals surface area contributed by atoms with Crippen LogP contribution in [-0.2, 0) is 17.9 Å². The summed E-state index contributed by atoms with van der Waals surface area (Å²) in [5.74, 6) is 1.26. The fraction of sp³-hybridized carbons (Fsp3) is 0.333. The Morgan fingerprint density at radius 3 is 2.59 bits per heavy atom. The summed E-state index contributed by atoms with van der Waals surface area (Å²) in [6.45, 7) is 1.20. The van der Waals surface area contributed by atoms with Crippen LogP contribution >= 0.6 is 11.8 Å². The van der Waals surface area contributed by atoms with E-state index in [-0.39, 0.29) is 5.91 Å². The Kier molecular flexibility index (Phi) is 6.09. The van der Waals surface area contributed by atoms with Crippen molar-refractivity contribution in [2.75, 3.05) is 12.9 Å². The van der Waals surface area contributed by atoms with Crippen LogP contribution in [0.2, 0.25) is 0 Å². The molecule has 1 amide bonds. The third kappa shape index (κ3) is 5.14. The van der Waals surface area contributed by atoms with Crippen LogP contribution in [0.15, 0.2) is 59.8 Å². The number of hydrogen-bond acceptors (Lipinski definition) is 6. The zero-order valence-electron chi connectivity index (χ0n) is 16.3. The smallest absolute Gasteiger partial charge is 0.233 e. The van der Waals surface area contributed by atoms with Gasteiger partial charge in [0, 0.05) is 12.6 Å². The third-order valence-electron chi connectivity index (χ3n) is 4.82. The fourth-order valence-corrected chi connectivity index (χ4v) is 3.86. The van der Waals surface area contributed by atoms with Crippen LogP contribution in [0.3, 0.4) is 0 Å². The Morgan fingerprint density at radius 1 is 1.14 bits per heavy atom. The minimum atomic E-state index is 0.125. The van der Waals surface area contributed by atoms with Crippen molar-refractivity contribution < 1.29 is 9.53 Å². The maximum absolute atomic E-state index is 12.9. The number of benzene rings is 2. The number of carbonyl (C=O) groups excluding carboxylic acids is 1. The van der Waals surface area contributed by atoms with Gasteiger partial charge in [-0.05, 0) is 46.5 Å². The van der Waals surface area contributed by atoms with Crippen molar-refractivity contribution in [2.24, 2.45) is 0 Å². The molecule has 1 fully saturated rings. The monoisotopic (exact) mass is 409 g/mol. The van der Waals surface area contributed by atoms with E-state index in [1.165, 1.54) is 11.8 Å². The topological polar surface area (TPSA) is 73.1 Å². The van der Waals surface area contributed by atoms with Gasteiger partial charge in [0.2, 0.25) is 11.1 Å². The zero-order valence-corrected chi connectivity index (χ0v) is 17.1. The van der Waals surface area contributed by atoms with Gasteiger partial charge < -0.3 is 9.64 Å². The highest BCUT2D eigenvalue weighted by atomic mass is 32.2. The van der Waals surface area contributed by atoms with Gasteiger partial charge in [0.05, 0.1) is 19.4 Å². The molecule has 150 valence electrons. The van der Waals surface area contributed by atoms with Gasteiger partial charge in [-0.1, -0.05) is 54.2 Å². The molecule has 29 heavy (non-hydrogen) atoms. The standard InChI is InChI=1S/C21H23N5O2S/c1-28-19-11-7-17(8-12-19)14-26-21(22-23-24-26)29-15-20(27)25(18-9-10-18)13-16-5-3-2-4-6-16/h2-8,11-12,18H,9-10,13-15H2,1H3. The molecule has 0 saturated heterocycles. The number of ether oxygens (including phenoxy) is 1. The van der Waals surface area contributed by atoms with Crippen molar-refractivity contribution in [3.05, 3.63) is 65.7 Å². The van der Waals surface area contributed by atoms with E-state index in [9.17, 15) is 4.79 Å². The number of aromatic nitrogens is 4. The largest absolute Gasteiger partial charge is 0.497 e. The SMILES string of the molecule is COc1ccc(Cn2nnnc2SCC(=O)N(Cc2ccccc2)C2CC2)cc1. The van der Waals surface area contributed by atoms with E-state index in [4.69, 9.17) is 4.74 Å². The fourth-order valence-electron chi connectivity index (χ4n) is 3.10. The highest BCUT2D eigenvalue weighted by molar-refractivity contribution is 7.99. The molecule has 2 aromatic carbocycles. The quantitative estimate of drug-likeness (QED) is 0.506. The van der Waals surface area contributed by atoms with E-state index in [1.807, 2.05) is 47.4 Å². The minimum Gasteiger partial charge on any atom is -0.497 e. The lowest BCUT2D eigenvalue weighted by molar-refractivity contribution is -0.129. The van der Waals surface area contributed by atoms with E-state index in [2.05, 4.69) is 27.7 Å². The summed E-state index contributed by atoms with van der Waals surface area (Å²) in [4.78, 5) is 14.9. The predicted molar refractivity (Wildman–Crippen MR) is 111 cm³/mol. The molecule has 0 atom stereocenters. The Balaban J connectivity index is 1.37. The van der Waals surface area contributed by atoms with Crippen molar-refractivity contribution in [3.63, 3.8) is 0 Å². The first-order valence-corrected chi connectivity index (χ1v) is 10.6. The molecule has 1 aromatic heterocycles. The van der Waals surface area contributed by atoms with Gasteiger partial charge in [-0.25, -0.2) is 4.68 Å². The van der Waals surface area contributed by atoms with E-state index in [0.29, 0.717) is 30.0 Å². The summed E-state index contributed by atoms with van der Waals surface area (Å²) >= 11 is 1.38. The normalized spacial score (nSPS) is 13.3. The molecular formula is C21H23N5O2S. The van der Waals surface area contributed by atoms with Gasteiger partial charge in [0.25, 0.3) is 0 Å². The molecule has 1 aliphatic rings. The Hall–Kier alpha value is -2.87. The second-order valence-electron chi connectivity index (χ2n) is 6.99. The average Bonchev–Trinajstić information content (AvgIpc) is 3.51. The second-order valence-corrected chi connectivity index (χ2v) is 7.94. The molecule has 3 aromatic rings. The van der Waals surface area contributed by atoms with Crippen LogP contribution in [0.1, 0.15) is 24.0 Å². The molecule has 1 saturated carbocycles. The summed E-state index contributed by atoms with van der Waals surface area (Å²) in [5, 5.41) is 12.6. The lowest BCUT2D eigenvalue weighted by atomic mass is 10.2. The Labute approximate surface area is 174 Å². The summed E-state index contributed by atoms with van der Waals surface area (Å²) in [6.07, 6.45) is 2.16. The number of rotatable bonds is 9. The first-order chi connectivity index (χ1) is 14.2. The van der Waals surface area contributed by atoms with Gasteiger partial charge in [0.1, 0.15) is 5.75 Å². The summed E-state index contributed by atoms with van der Waals surface area (Å²) in [6, 6.07) is 18.3. The summed E-state index contributed by atoms with van der Waals surface area (Å²) < 4.78 is 6.91. The van der Waals surface area contributed by atoms with Gasteiger partial charge in [-0.15, -0.1) is 5.10 Å². The maximum Gasteiger partial charge on any atom is 0.233 e.